The number of nitrogens with two attached hydrogens (primary N) is 1. The molecule has 0 aromatic heterocycles. The Kier molecular flexibility index (Phi) is 6.73. The van der Waals surface area contributed by atoms with Crippen molar-refractivity contribution in [3.8, 4) is 5.75 Å². The van der Waals surface area contributed by atoms with E-state index in [-0.39, 0.29) is 12.4 Å². The number of halogens is 3. The maximum Gasteiger partial charge on any atom is 0.573 e. The van der Waals surface area contributed by atoms with Gasteiger partial charge >= 0.3 is 6.36 Å². The van der Waals surface area contributed by atoms with E-state index < -0.39 is 12.4 Å². The molecule has 1 aromatic rings. The lowest BCUT2D eigenvalue weighted by Crippen LogP contribution is -2.31. The normalized spacial score (nSPS) is 13.2. The maximum atomic E-state index is 12.1. The summed E-state index contributed by atoms with van der Waals surface area (Å²) < 4.78 is 50.4. The van der Waals surface area contributed by atoms with Crippen LogP contribution in [-0.2, 0) is 9.47 Å². The zero-order chi connectivity index (χ0) is 15.0. The van der Waals surface area contributed by atoms with Crippen LogP contribution in [0.3, 0.4) is 0 Å². The summed E-state index contributed by atoms with van der Waals surface area (Å²) in [5, 5.41) is 0. The number of alkyl halides is 3. The van der Waals surface area contributed by atoms with E-state index in [4.69, 9.17) is 15.3 Å². The fourth-order valence-electron chi connectivity index (χ4n) is 1.51. The van der Waals surface area contributed by atoms with Gasteiger partial charge in [0.15, 0.2) is 0 Å². The van der Waals surface area contributed by atoms with Crippen LogP contribution in [0.1, 0.15) is 11.6 Å². The van der Waals surface area contributed by atoms with Crippen LogP contribution in [0.4, 0.5) is 13.2 Å². The highest BCUT2D eigenvalue weighted by Gasteiger charge is 2.31. The summed E-state index contributed by atoms with van der Waals surface area (Å²) in [4.78, 5) is 0. The predicted octanol–water partition coefficient (Wildman–Crippen LogP) is 1.75. The number of hydrogen-bond acceptors (Lipinski definition) is 5. The molecule has 1 atom stereocenters. The van der Waals surface area contributed by atoms with Crippen molar-refractivity contribution in [1.29, 1.82) is 0 Å². The first-order chi connectivity index (χ1) is 9.46. The molecule has 1 aromatic carbocycles. The molecule has 0 heterocycles. The molecule has 1 rings (SSSR count). The Balaban J connectivity index is 2.65. The third kappa shape index (κ3) is 6.20. The molecule has 0 fully saturated rings. The van der Waals surface area contributed by atoms with Gasteiger partial charge in [0.25, 0.3) is 0 Å². The van der Waals surface area contributed by atoms with Crippen molar-refractivity contribution >= 4 is 0 Å². The van der Waals surface area contributed by atoms with Gasteiger partial charge in [-0.2, -0.15) is 0 Å². The summed E-state index contributed by atoms with van der Waals surface area (Å²) in [7, 11) is 1.54. The number of nitrogens with one attached hydrogen (secondary N) is 1. The Morgan fingerprint density at radius 2 is 2.05 bits per heavy atom. The molecule has 0 aliphatic carbocycles. The van der Waals surface area contributed by atoms with Crippen LogP contribution in [0.5, 0.6) is 5.75 Å². The van der Waals surface area contributed by atoms with Crippen molar-refractivity contribution in [2.75, 3.05) is 26.9 Å². The van der Waals surface area contributed by atoms with E-state index in [0.29, 0.717) is 18.8 Å². The Hall–Kier alpha value is -1.35. The van der Waals surface area contributed by atoms with Crippen LogP contribution in [0.2, 0.25) is 0 Å². The Bertz CT molecular complexity index is 402. The first-order valence-corrected chi connectivity index (χ1v) is 5.85. The zero-order valence-electron chi connectivity index (χ0n) is 10.9. The molecule has 8 heteroatoms. The minimum atomic E-state index is -4.72. The SMILES string of the molecule is COCCOCC(NN)c1cccc(OC(F)(F)F)c1. The Labute approximate surface area is 114 Å². The number of ether oxygens (including phenoxy) is 3. The largest absolute Gasteiger partial charge is 0.573 e. The second kappa shape index (κ2) is 8.05. The van der Waals surface area contributed by atoms with Crippen molar-refractivity contribution in [2.24, 2.45) is 5.84 Å². The number of benzene rings is 1. The molecule has 0 aliphatic rings. The van der Waals surface area contributed by atoms with Crippen LogP contribution in [0.15, 0.2) is 24.3 Å². The van der Waals surface area contributed by atoms with E-state index in [9.17, 15) is 13.2 Å². The summed E-state index contributed by atoms with van der Waals surface area (Å²) in [5.74, 6) is 5.07. The first kappa shape index (κ1) is 16.7. The molecule has 0 spiro atoms. The molecule has 5 nitrogen and oxygen atoms in total. The minimum absolute atomic E-state index is 0.204. The first-order valence-electron chi connectivity index (χ1n) is 5.85. The Morgan fingerprint density at radius 1 is 1.30 bits per heavy atom. The highest BCUT2D eigenvalue weighted by atomic mass is 19.4. The average molecular weight is 294 g/mol. The molecule has 0 radical (unpaired) electrons. The standard InChI is InChI=1S/C12H17F3N2O3/c1-18-5-6-19-8-11(17-16)9-3-2-4-10(7-9)20-12(13,14)15/h2-4,7,11,17H,5-6,8,16H2,1H3. The van der Waals surface area contributed by atoms with E-state index in [1.54, 1.807) is 13.2 Å². The van der Waals surface area contributed by atoms with Crippen molar-refractivity contribution in [2.45, 2.75) is 12.4 Å². The lowest BCUT2D eigenvalue weighted by Gasteiger charge is -2.17. The number of rotatable bonds is 8. The maximum absolute atomic E-state index is 12.1. The quantitative estimate of drug-likeness (QED) is 0.434. The monoisotopic (exact) mass is 294 g/mol. The molecule has 20 heavy (non-hydrogen) atoms. The highest BCUT2D eigenvalue weighted by molar-refractivity contribution is 5.30. The van der Waals surface area contributed by atoms with Gasteiger partial charge in [0.05, 0.1) is 25.9 Å². The molecule has 114 valence electrons. The molecule has 3 N–H and O–H groups in total. The predicted molar refractivity (Wildman–Crippen MR) is 65.9 cm³/mol. The molecule has 0 amide bonds. The van der Waals surface area contributed by atoms with E-state index in [2.05, 4.69) is 10.2 Å². The van der Waals surface area contributed by atoms with E-state index in [0.717, 1.165) is 0 Å². The van der Waals surface area contributed by atoms with Gasteiger partial charge in [-0.25, -0.2) is 0 Å². The average Bonchev–Trinajstić information content (AvgIpc) is 2.37. The third-order valence-electron chi connectivity index (χ3n) is 2.41. The van der Waals surface area contributed by atoms with Crippen LogP contribution >= 0.6 is 0 Å². The fraction of sp³-hybridized carbons (Fsp3) is 0.500. The summed E-state index contributed by atoms with van der Waals surface area (Å²) >= 11 is 0. The van der Waals surface area contributed by atoms with Gasteiger partial charge in [-0.3, -0.25) is 11.3 Å². The van der Waals surface area contributed by atoms with E-state index >= 15 is 0 Å². The minimum Gasteiger partial charge on any atom is -0.406 e. The van der Waals surface area contributed by atoms with Gasteiger partial charge in [-0.1, -0.05) is 12.1 Å². The molecular formula is C12H17F3N2O3. The molecule has 0 aliphatic heterocycles. The molecular weight excluding hydrogens is 277 g/mol. The van der Waals surface area contributed by atoms with E-state index in [1.807, 2.05) is 0 Å². The van der Waals surface area contributed by atoms with Gasteiger partial charge in [0.2, 0.25) is 0 Å². The van der Waals surface area contributed by atoms with Gasteiger partial charge in [0.1, 0.15) is 5.75 Å². The summed E-state index contributed by atoms with van der Waals surface area (Å²) in [6.07, 6.45) is -4.72. The van der Waals surface area contributed by atoms with Gasteiger partial charge in [-0.15, -0.1) is 13.2 Å². The number of hydrazine groups is 1. The van der Waals surface area contributed by atoms with Crippen molar-refractivity contribution < 1.29 is 27.4 Å². The molecule has 0 bridgehead atoms. The molecule has 0 saturated carbocycles. The smallest absolute Gasteiger partial charge is 0.406 e. The number of methoxy groups -OCH3 is 1. The van der Waals surface area contributed by atoms with Crippen LogP contribution in [-0.4, -0.2) is 33.3 Å². The highest BCUT2D eigenvalue weighted by Crippen LogP contribution is 2.25. The van der Waals surface area contributed by atoms with Crippen molar-refractivity contribution in [3.63, 3.8) is 0 Å². The van der Waals surface area contributed by atoms with Gasteiger partial charge in [-0.05, 0) is 17.7 Å². The van der Waals surface area contributed by atoms with Crippen molar-refractivity contribution in [3.05, 3.63) is 29.8 Å². The van der Waals surface area contributed by atoms with Crippen molar-refractivity contribution in [1.82, 2.24) is 5.43 Å². The summed E-state index contributed by atoms with van der Waals surface area (Å²) in [6, 6.07) is 5.13. The second-order valence-corrected chi connectivity index (χ2v) is 3.91. The summed E-state index contributed by atoms with van der Waals surface area (Å²) in [5.41, 5.74) is 3.02. The van der Waals surface area contributed by atoms with Crippen LogP contribution < -0.4 is 16.0 Å². The van der Waals surface area contributed by atoms with E-state index in [1.165, 1.54) is 18.2 Å². The second-order valence-electron chi connectivity index (χ2n) is 3.91. The third-order valence-corrected chi connectivity index (χ3v) is 2.41. The summed E-state index contributed by atoms with van der Waals surface area (Å²) in [6.45, 7) is 0.997. The van der Waals surface area contributed by atoms with Crippen LogP contribution in [0.25, 0.3) is 0 Å². The Morgan fingerprint density at radius 3 is 2.65 bits per heavy atom. The zero-order valence-corrected chi connectivity index (χ0v) is 10.9. The topological polar surface area (TPSA) is 65.7 Å². The lowest BCUT2D eigenvalue weighted by atomic mass is 10.1. The van der Waals surface area contributed by atoms with Crippen LogP contribution in [0, 0.1) is 0 Å². The number of hydrogen-bond donors (Lipinski definition) is 2. The van der Waals surface area contributed by atoms with Gasteiger partial charge < -0.3 is 14.2 Å². The lowest BCUT2D eigenvalue weighted by molar-refractivity contribution is -0.274. The fourth-order valence-corrected chi connectivity index (χ4v) is 1.51. The molecule has 0 saturated heterocycles. The molecule has 1 unspecified atom stereocenters. The van der Waals surface area contributed by atoms with Gasteiger partial charge in [0, 0.05) is 7.11 Å².